The summed E-state index contributed by atoms with van der Waals surface area (Å²) < 4.78 is 0. The molecule has 4 heteroatoms. The summed E-state index contributed by atoms with van der Waals surface area (Å²) in [6, 6.07) is 0.868. The maximum absolute atomic E-state index is 4.17. The lowest BCUT2D eigenvalue weighted by Crippen LogP contribution is -2.35. The minimum Gasteiger partial charge on any atom is -0.305 e. The normalized spacial score (nSPS) is 15.6. The minimum atomic E-state index is 0.309. The fourth-order valence-corrected chi connectivity index (χ4v) is 2.37. The van der Waals surface area contributed by atoms with Gasteiger partial charge >= 0.3 is 0 Å². The number of nitrogens with zero attached hydrogens (tertiary/aromatic N) is 2. The van der Waals surface area contributed by atoms with Crippen molar-refractivity contribution in [2.45, 2.75) is 53.1 Å². The van der Waals surface area contributed by atoms with Gasteiger partial charge in [-0.3, -0.25) is 0 Å². The highest BCUT2D eigenvalue weighted by molar-refractivity contribution is 7.11. The quantitative estimate of drug-likeness (QED) is 0.840. The first kappa shape index (κ1) is 12.6. The van der Waals surface area contributed by atoms with Crippen LogP contribution in [0.5, 0.6) is 0 Å². The number of hydrogen-bond acceptors (Lipinski definition) is 4. The van der Waals surface area contributed by atoms with Crippen molar-refractivity contribution < 1.29 is 0 Å². The fraction of sp³-hybridized carbons (Fsp3) is 0.818. The molecule has 1 heterocycles. The number of hydrogen-bond donors (Lipinski definition) is 1. The highest BCUT2D eigenvalue weighted by Crippen LogP contribution is 2.19. The molecule has 2 unspecified atom stereocenters. The Morgan fingerprint density at radius 3 is 2.33 bits per heavy atom. The first-order valence-corrected chi connectivity index (χ1v) is 6.42. The van der Waals surface area contributed by atoms with Gasteiger partial charge in [0.2, 0.25) is 0 Å². The zero-order chi connectivity index (χ0) is 11.4. The summed E-state index contributed by atoms with van der Waals surface area (Å²) in [6.45, 7) is 10.9. The van der Waals surface area contributed by atoms with Gasteiger partial charge in [-0.25, -0.2) is 0 Å². The highest BCUT2D eigenvalue weighted by atomic mass is 32.1. The molecule has 1 N–H and O–H groups in total. The predicted molar refractivity (Wildman–Crippen MR) is 65.1 cm³/mol. The van der Waals surface area contributed by atoms with E-state index in [0.29, 0.717) is 18.0 Å². The van der Waals surface area contributed by atoms with E-state index in [0.717, 1.165) is 16.4 Å². The third-order valence-electron chi connectivity index (χ3n) is 2.62. The van der Waals surface area contributed by atoms with Gasteiger partial charge in [-0.2, -0.15) is 0 Å². The molecular weight excluding hydrogens is 206 g/mol. The summed E-state index contributed by atoms with van der Waals surface area (Å²) in [4.78, 5) is 0. The van der Waals surface area contributed by atoms with Gasteiger partial charge in [-0.1, -0.05) is 20.8 Å². The Hall–Kier alpha value is -0.480. The van der Waals surface area contributed by atoms with E-state index in [9.17, 15) is 0 Å². The summed E-state index contributed by atoms with van der Waals surface area (Å²) in [5.41, 5.74) is 0. The van der Waals surface area contributed by atoms with Crippen molar-refractivity contribution in [2.75, 3.05) is 0 Å². The Morgan fingerprint density at radius 1 is 1.27 bits per heavy atom. The molecule has 0 aliphatic heterocycles. The van der Waals surface area contributed by atoms with Crippen LogP contribution >= 0.6 is 11.3 Å². The van der Waals surface area contributed by atoms with Crippen molar-refractivity contribution >= 4 is 11.3 Å². The molecule has 0 amide bonds. The molecule has 0 bridgehead atoms. The van der Waals surface area contributed by atoms with Crippen LogP contribution in [0.4, 0.5) is 0 Å². The molecule has 2 atom stereocenters. The van der Waals surface area contributed by atoms with Crippen LogP contribution in [0.25, 0.3) is 0 Å². The second-order valence-electron chi connectivity index (χ2n) is 4.31. The largest absolute Gasteiger partial charge is 0.305 e. The summed E-state index contributed by atoms with van der Waals surface area (Å²) in [6.07, 6.45) is 1.15. The maximum atomic E-state index is 4.17. The summed E-state index contributed by atoms with van der Waals surface area (Å²) in [5, 5.41) is 13.9. The smallest absolute Gasteiger partial charge is 0.134 e. The van der Waals surface area contributed by atoms with Crippen LogP contribution in [-0.2, 0) is 0 Å². The van der Waals surface area contributed by atoms with E-state index in [4.69, 9.17) is 0 Å². The molecule has 1 aromatic rings. The Balaban J connectivity index is 2.58. The van der Waals surface area contributed by atoms with Crippen LogP contribution in [0.3, 0.4) is 0 Å². The molecule has 1 aromatic heterocycles. The Kier molecular flexibility index (Phi) is 4.67. The molecule has 86 valence electrons. The molecule has 0 fully saturated rings. The standard InChI is InChI=1S/C11H21N3S/c1-6-10(7(2)3)12-8(4)11-14-13-9(5)15-11/h7-8,10,12H,6H2,1-5H3. The second-order valence-corrected chi connectivity index (χ2v) is 5.52. The molecule has 0 saturated heterocycles. The summed E-state index contributed by atoms with van der Waals surface area (Å²) in [7, 11) is 0. The van der Waals surface area contributed by atoms with E-state index in [1.807, 2.05) is 6.92 Å². The van der Waals surface area contributed by atoms with Crippen LogP contribution in [-0.4, -0.2) is 16.2 Å². The molecule has 0 spiro atoms. The van der Waals surface area contributed by atoms with Gasteiger partial charge in [0, 0.05) is 6.04 Å². The second kappa shape index (κ2) is 5.56. The lowest BCUT2D eigenvalue weighted by molar-refractivity contribution is 0.355. The molecule has 0 saturated carbocycles. The maximum Gasteiger partial charge on any atom is 0.134 e. The molecule has 3 nitrogen and oxygen atoms in total. The Labute approximate surface area is 96.3 Å². The van der Waals surface area contributed by atoms with Gasteiger partial charge in [0.15, 0.2) is 0 Å². The van der Waals surface area contributed by atoms with E-state index in [1.54, 1.807) is 11.3 Å². The van der Waals surface area contributed by atoms with E-state index < -0.39 is 0 Å². The number of aromatic nitrogens is 2. The van der Waals surface area contributed by atoms with Gasteiger partial charge < -0.3 is 5.32 Å². The van der Waals surface area contributed by atoms with Crippen molar-refractivity contribution in [1.82, 2.24) is 15.5 Å². The lowest BCUT2D eigenvalue weighted by Gasteiger charge is -2.23. The lowest BCUT2D eigenvalue weighted by atomic mass is 10.0. The third kappa shape index (κ3) is 3.54. The highest BCUT2D eigenvalue weighted by Gasteiger charge is 2.17. The molecule has 0 aliphatic carbocycles. The topological polar surface area (TPSA) is 37.8 Å². The first-order chi connectivity index (χ1) is 7.04. The molecule has 0 aromatic carbocycles. The Bertz CT molecular complexity index is 296. The zero-order valence-corrected chi connectivity index (χ0v) is 11.1. The van der Waals surface area contributed by atoms with E-state index in [-0.39, 0.29) is 0 Å². The summed E-state index contributed by atoms with van der Waals surface area (Å²) >= 11 is 1.68. The molecule has 0 radical (unpaired) electrons. The van der Waals surface area contributed by atoms with Gasteiger partial charge in [0.05, 0.1) is 6.04 Å². The molecule has 1 rings (SSSR count). The van der Waals surface area contributed by atoms with E-state index in [1.165, 1.54) is 0 Å². The van der Waals surface area contributed by atoms with Crippen molar-refractivity contribution in [1.29, 1.82) is 0 Å². The predicted octanol–water partition coefficient (Wildman–Crippen LogP) is 2.93. The van der Waals surface area contributed by atoms with Crippen molar-refractivity contribution in [3.8, 4) is 0 Å². The van der Waals surface area contributed by atoms with E-state index in [2.05, 4.69) is 43.2 Å². The molecular formula is C11H21N3S. The third-order valence-corrected chi connectivity index (χ3v) is 3.64. The summed E-state index contributed by atoms with van der Waals surface area (Å²) in [5.74, 6) is 0.659. The van der Waals surface area contributed by atoms with Gasteiger partial charge in [-0.05, 0) is 26.2 Å². The average Bonchev–Trinajstić information content (AvgIpc) is 2.60. The fourth-order valence-electron chi connectivity index (χ4n) is 1.66. The SMILES string of the molecule is CCC(NC(C)c1nnc(C)s1)C(C)C. The van der Waals surface area contributed by atoms with Crippen LogP contribution in [0.15, 0.2) is 0 Å². The van der Waals surface area contributed by atoms with Crippen LogP contribution in [0.2, 0.25) is 0 Å². The number of nitrogens with one attached hydrogen (secondary N) is 1. The van der Waals surface area contributed by atoms with Gasteiger partial charge in [0.1, 0.15) is 10.0 Å². The molecule has 0 aliphatic rings. The number of rotatable bonds is 5. The molecule has 15 heavy (non-hydrogen) atoms. The first-order valence-electron chi connectivity index (χ1n) is 5.60. The van der Waals surface area contributed by atoms with Gasteiger partial charge in [-0.15, -0.1) is 21.5 Å². The minimum absolute atomic E-state index is 0.309. The zero-order valence-electron chi connectivity index (χ0n) is 10.2. The van der Waals surface area contributed by atoms with E-state index >= 15 is 0 Å². The van der Waals surface area contributed by atoms with Crippen LogP contribution < -0.4 is 5.32 Å². The van der Waals surface area contributed by atoms with Crippen LogP contribution in [0.1, 0.15) is 50.2 Å². The van der Waals surface area contributed by atoms with Crippen LogP contribution in [0, 0.1) is 12.8 Å². The average molecular weight is 227 g/mol. The van der Waals surface area contributed by atoms with Gasteiger partial charge in [0.25, 0.3) is 0 Å². The Morgan fingerprint density at radius 2 is 1.93 bits per heavy atom. The van der Waals surface area contributed by atoms with Crippen molar-refractivity contribution in [2.24, 2.45) is 5.92 Å². The van der Waals surface area contributed by atoms with Crippen molar-refractivity contribution in [3.63, 3.8) is 0 Å². The monoisotopic (exact) mass is 227 g/mol. The van der Waals surface area contributed by atoms with Crippen molar-refractivity contribution in [3.05, 3.63) is 10.0 Å². The number of aryl methyl sites for hydroxylation is 1.